The van der Waals surface area contributed by atoms with E-state index >= 15 is 0 Å². The number of carbonyl (C=O) groups is 3. The monoisotopic (exact) mass is 551 g/mol. The first-order chi connectivity index (χ1) is 16.2. The van der Waals surface area contributed by atoms with Gasteiger partial charge in [0.1, 0.15) is 18.3 Å². The van der Waals surface area contributed by atoms with Crippen LogP contribution in [-0.4, -0.2) is 50.1 Å². The van der Waals surface area contributed by atoms with Crippen molar-refractivity contribution >= 4 is 45.4 Å². The number of methoxy groups -OCH3 is 2. The smallest absolute Gasteiger partial charge is 0.336 e. The van der Waals surface area contributed by atoms with Crippen LogP contribution in [0.4, 0.5) is 0 Å². The number of hydrogen-bond donors (Lipinski definition) is 1. The molecule has 7 nitrogen and oxygen atoms in total. The van der Waals surface area contributed by atoms with E-state index in [0.29, 0.717) is 39.2 Å². The Kier molecular flexibility index (Phi) is 8.87. The van der Waals surface area contributed by atoms with Gasteiger partial charge in [-0.3, -0.25) is 9.59 Å². The highest BCUT2D eigenvalue weighted by Gasteiger charge is 2.47. The van der Waals surface area contributed by atoms with Crippen LogP contribution in [0.25, 0.3) is 0 Å². The van der Waals surface area contributed by atoms with Crippen molar-refractivity contribution in [2.45, 2.75) is 33.1 Å². The summed E-state index contributed by atoms with van der Waals surface area (Å²) in [6.45, 7) is 5.99. The van der Waals surface area contributed by atoms with Crippen LogP contribution in [0.15, 0.2) is 45.2 Å². The molecule has 1 aromatic rings. The normalized spacial score (nSPS) is 22.2. The Morgan fingerprint density at radius 3 is 2.62 bits per heavy atom. The fraction of sp³-hybridized carbons (Fsp3) is 0.480. The summed E-state index contributed by atoms with van der Waals surface area (Å²) in [5.74, 6) is -0.965. The van der Waals surface area contributed by atoms with E-state index < -0.39 is 23.8 Å². The molecule has 0 saturated carbocycles. The largest absolute Gasteiger partial charge is 0.496 e. The maximum absolute atomic E-state index is 13.7. The van der Waals surface area contributed by atoms with Crippen molar-refractivity contribution in [2.24, 2.45) is 11.8 Å². The summed E-state index contributed by atoms with van der Waals surface area (Å²) in [7, 11) is 2.85. The standard InChI is InChI=1S/C25H30BrNO6S/c1-6-34-10-9-33-25(30)20-14(3)27-17-11-13(2)19(24(29)32-5)23(28)22(17)21(20)15-7-8-18(31-4)16(26)12-15/h7-8,12-13,19,21,27H,6,9-11H2,1-5H3. The molecule has 0 amide bonds. The van der Waals surface area contributed by atoms with Gasteiger partial charge in [-0.2, -0.15) is 11.8 Å². The molecule has 3 atom stereocenters. The van der Waals surface area contributed by atoms with E-state index in [9.17, 15) is 14.4 Å². The lowest BCUT2D eigenvalue weighted by atomic mass is 9.69. The maximum atomic E-state index is 13.7. The lowest BCUT2D eigenvalue weighted by molar-refractivity contribution is -0.151. The quantitative estimate of drug-likeness (QED) is 0.289. The molecule has 9 heteroatoms. The van der Waals surface area contributed by atoms with E-state index in [0.717, 1.165) is 17.0 Å². The summed E-state index contributed by atoms with van der Waals surface area (Å²) in [5, 5.41) is 3.27. The van der Waals surface area contributed by atoms with Crippen molar-refractivity contribution < 1.29 is 28.6 Å². The van der Waals surface area contributed by atoms with Crippen LogP contribution in [0.1, 0.15) is 38.7 Å². The summed E-state index contributed by atoms with van der Waals surface area (Å²) in [5.41, 5.74) is 2.86. The number of benzene rings is 1. The van der Waals surface area contributed by atoms with E-state index in [1.54, 1.807) is 24.9 Å². The topological polar surface area (TPSA) is 90.9 Å². The molecule has 1 aliphatic carbocycles. The molecule has 0 saturated heterocycles. The number of esters is 2. The van der Waals surface area contributed by atoms with Gasteiger partial charge in [0, 0.05) is 28.6 Å². The Hall–Kier alpha value is -2.26. The van der Waals surface area contributed by atoms with Gasteiger partial charge in [-0.05, 0) is 58.6 Å². The van der Waals surface area contributed by atoms with Gasteiger partial charge in [0.15, 0.2) is 5.78 Å². The van der Waals surface area contributed by atoms with Gasteiger partial charge in [0.2, 0.25) is 0 Å². The van der Waals surface area contributed by atoms with Crippen LogP contribution in [0.5, 0.6) is 5.75 Å². The van der Waals surface area contributed by atoms with Crippen molar-refractivity contribution in [3.63, 3.8) is 0 Å². The second-order valence-corrected chi connectivity index (χ2v) is 10.5. The number of nitrogens with one attached hydrogen (secondary N) is 1. The minimum Gasteiger partial charge on any atom is -0.496 e. The molecule has 1 aromatic carbocycles. The molecule has 0 aromatic heterocycles. The molecule has 0 bridgehead atoms. The SMILES string of the molecule is CCSCCOC(=O)C1=C(C)NC2=C(C(=O)C(C(=O)OC)C(C)C2)C1c1ccc(OC)c(Br)c1. The van der Waals surface area contributed by atoms with Gasteiger partial charge in [0.25, 0.3) is 0 Å². The Labute approximate surface area is 212 Å². The molecule has 0 radical (unpaired) electrons. The highest BCUT2D eigenvalue weighted by atomic mass is 79.9. The van der Waals surface area contributed by atoms with Crippen molar-refractivity contribution in [3.05, 3.63) is 50.8 Å². The molecular formula is C25H30BrNO6S. The lowest BCUT2D eigenvalue weighted by Crippen LogP contribution is -2.43. The Balaban J connectivity index is 2.11. The van der Waals surface area contributed by atoms with Gasteiger partial charge in [-0.1, -0.05) is 19.9 Å². The van der Waals surface area contributed by atoms with E-state index in [1.807, 2.05) is 32.9 Å². The molecule has 0 fully saturated rings. The average molecular weight is 552 g/mol. The predicted molar refractivity (Wildman–Crippen MR) is 135 cm³/mol. The maximum Gasteiger partial charge on any atom is 0.336 e. The molecular weight excluding hydrogens is 522 g/mol. The van der Waals surface area contributed by atoms with Crippen LogP contribution < -0.4 is 10.1 Å². The van der Waals surface area contributed by atoms with Crippen molar-refractivity contribution in [3.8, 4) is 5.75 Å². The molecule has 34 heavy (non-hydrogen) atoms. The summed E-state index contributed by atoms with van der Waals surface area (Å²) in [6, 6.07) is 5.45. The average Bonchev–Trinajstić information content (AvgIpc) is 2.80. The fourth-order valence-corrected chi connectivity index (χ4v) is 5.61. The third kappa shape index (κ3) is 5.20. The third-order valence-electron chi connectivity index (χ3n) is 6.14. The van der Waals surface area contributed by atoms with E-state index in [4.69, 9.17) is 14.2 Å². The minimum absolute atomic E-state index is 0.234. The number of halogens is 1. The number of ether oxygens (including phenoxy) is 3. The predicted octanol–water partition coefficient (Wildman–Crippen LogP) is 4.37. The first kappa shape index (κ1) is 26.3. The molecule has 3 rings (SSSR count). The third-order valence-corrected chi connectivity index (χ3v) is 7.62. The van der Waals surface area contributed by atoms with Crippen LogP contribution in [-0.2, 0) is 23.9 Å². The van der Waals surface area contributed by atoms with E-state index in [-0.39, 0.29) is 18.3 Å². The summed E-state index contributed by atoms with van der Waals surface area (Å²) >= 11 is 5.20. The minimum atomic E-state index is -0.925. The van der Waals surface area contributed by atoms with Crippen LogP contribution in [0, 0.1) is 11.8 Å². The van der Waals surface area contributed by atoms with Gasteiger partial charge >= 0.3 is 11.9 Å². The van der Waals surface area contributed by atoms with Gasteiger partial charge in [-0.25, -0.2) is 4.79 Å². The number of rotatable bonds is 8. The molecule has 2 aliphatic rings. The molecule has 0 spiro atoms. The van der Waals surface area contributed by atoms with Crippen molar-refractivity contribution in [2.75, 3.05) is 32.3 Å². The van der Waals surface area contributed by atoms with Crippen LogP contribution >= 0.6 is 27.7 Å². The van der Waals surface area contributed by atoms with Gasteiger partial charge in [-0.15, -0.1) is 0 Å². The number of hydrogen-bond acceptors (Lipinski definition) is 8. The molecule has 3 unspecified atom stereocenters. The number of ketones is 1. The fourth-order valence-electron chi connectivity index (χ4n) is 4.56. The zero-order chi connectivity index (χ0) is 25.0. The first-order valence-electron chi connectivity index (χ1n) is 11.2. The van der Waals surface area contributed by atoms with E-state index in [2.05, 4.69) is 21.2 Å². The second-order valence-electron chi connectivity index (χ2n) is 8.26. The second kappa shape index (κ2) is 11.4. The van der Waals surface area contributed by atoms with Gasteiger partial charge < -0.3 is 19.5 Å². The van der Waals surface area contributed by atoms with E-state index in [1.165, 1.54) is 7.11 Å². The van der Waals surface area contributed by atoms with Crippen molar-refractivity contribution in [1.29, 1.82) is 0 Å². The summed E-state index contributed by atoms with van der Waals surface area (Å²) in [6.07, 6.45) is 0.488. The number of allylic oxidation sites excluding steroid dienone is 3. The lowest BCUT2D eigenvalue weighted by Gasteiger charge is -2.38. The zero-order valence-corrected chi connectivity index (χ0v) is 22.4. The highest BCUT2D eigenvalue weighted by molar-refractivity contribution is 9.10. The summed E-state index contributed by atoms with van der Waals surface area (Å²) in [4.78, 5) is 39.5. The molecule has 184 valence electrons. The highest BCUT2D eigenvalue weighted by Crippen LogP contribution is 2.46. The first-order valence-corrected chi connectivity index (χ1v) is 13.1. The number of dihydropyridines is 1. The van der Waals surface area contributed by atoms with Crippen molar-refractivity contribution in [1.82, 2.24) is 5.32 Å². The Morgan fingerprint density at radius 1 is 1.26 bits per heavy atom. The van der Waals surface area contributed by atoms with Crippen LogP contribution in [0.2, 0.25) is 0 Å². The number of Topliss-reactive ketones (excluding diaryl/α,β-unsaturated/α-hetero) is 1. The number of thioether (sulfide) groups is 1. The molecule has 1 aliphatic heterocycles. The summed E-state index contributed by atoms with van der Waals surface area (Å²) < 4.78 is 16.6. The Bertz CT molecular complexity index is 1050. The molecule has 1 heterocycles. The van der Waals surface area contributed by atoms with Gasteiger partial charge in [0.05, 0.1) is 24.3 Å². The zero-order valence-electron chi connectivity index (χ0n) is 20.0. The molecule has 1 N–H and O–H groups in total. The Morgan fingerprint density at radius 2 is 2.00 bits per heavy atom. The number of carbonyl (C=O) groups excluding carboxylic acids is 3. The van der Waals surface area contributed by atoms with Crippen LogP contribution in [0.3, 0.4) is 0 Å².